The van der Waals surface area contributed by atoms with E-state index in [0.717, 1.165) is 49.9 Å². The third-order valence-electron chi connectivity index (χ3n) is 6.68. The van der Waals surface area contributed by atoms with E-state index in [1.807, 2.05) is 24.3 Å². The lowest BCUT2D eigenvalue weighted by Crippen LogP contribution is -2.42. The average molecular weight is 726 g/mol. The first-order valence-corrected chi connectivity index (χ1v) is 14.3. The van der Waals surface area contributed by atoms with Crippen molar-refractivity contribution in [2.24, 2.45) is 0 Å². The lowest BCUT2D eigenvalue weighted by atomic mass is 9.96. The summed E-state index contributed by atoms with van der Waals surface area (Å²) in [5.41, 5.74) is 3.04. The van der Waals surface area contributed by atoms with Crippen LogP contribution in [0.15, 0.2) is 71.3 Å². The van der Waals surface area contributed by atoms with Gasteiger partial charge in [0.25, 0.3) is 5.91 Å². The zero-order valence-electron chi connectivity index (χ0n) is 25.8. The van der Waals surface area contributed by atoms with Crippen molar-refractivity contribution < 1.29 is 64.9 Å². The Balaban J connectivity index is 0.000000424. The summed E-state index contributed by atoms with van der Waals surface area (Å²) in [5, 5.41) is 40.8. The number of nitrogens with zero attached hydrogens (tertiary/aromatic N) is 3. The van der Waals surface area contributed by atoms with Crippen LogP contribution in [0.2, 0.25) is 0 Å². The number of phenols is 1. The number of phenolic OH excluding ortho intramolecular Hbond substituents is 1. The normalized spacial score (nSPS) is 13.1. The number of carboxylic acid groups (broad SMARTS) is 2. The topological polar surface area (TPSA) is 189 Å². The van der Waals surface area contributed by atoms with E-state index in [1.54, 1.807) is 12.1 Å². The molecule has 4 aromatic rings. The fraction of sp³-hybridized carbons (Fsp3) is 0.219. The molecule has 0 bridgehead atoms. The van der Waals surface area contributed by atoms with E-state index in [9.17, 15) is 45.9 Å². The number of aliphatic carboxylic acids is 2. The number of aromatic nitrogens is 1. The van der Waals surface area contributed by atoms with Gasteiger partial charge in [0.15, 0.2) is 11.6 Å². The number of furan rings is 1. The maximum absolute atomic E-state index is 13.7. The number of halogens is 7. The van der Waals surface area contributed by atoms with Crippen LogP contribution in [-0.2, 0) is 16.1 Å². The molecule has 3 heterocycles. The second-order valence-corrected chi connectivity index (χ2v) is 10.3. The van der Waals surface area contributed by atoms with E-state index in [4.69, 9.17) is 24.2 Å². The molecule has 2 aromatic carbocycles. The van der Waals surface area contributed by atoms with Crippen molar-refractivity contribution in [3.05, 3.63) is 89.6 Å². The molecule has 0 spiro atoms. The summed E-state index contributed by atoms with van der Waals surface area (Å²) in [6.45, 7) is 4.52. The van der Waals surface area contributed by atoms with Gasteiger partial charge in [-0.05, 0) is 47.5 Å². The fourth-order valence-corrected chi connectivity index (χ4v) is 4.38. The Morgan fingerprint density at radius 1 is 0.922 bits per heavy atom. The molecular formula is C32H26F7N5O7. The standard InChI is InChI=1S/C28H24FN5O3.2C2HF3O2/c29-20-6-7-21(25(35)14-20)24-15-22(19-4-1-3-18(13-19)17-34-10-8-31-9-11-34)23(16-30)27(32-24)33-28(36)26-5-2-12-37-26;2*3-2(4,5)1(6)7/h1-7,12-15,31,35H,8-11,17H2,(H,32,33,36);2*(H,6,7). The van der Waals surface area contributed by atoms with Crippen LogP contribution in [0.25, 0.3) is 22.4 Å². The van der Waals surface area contributed by atoms with Crippen LogP contribution >= 0.6 is 0 Å². The van der Waals surface area contributed by atoms with Crippen molar-refractivity contribution in [2.45, 2.75) is 18.9 Å². The second-order valence-electron chi connectivity index (χ2n) is 10.3. The molecule has 0 aliphatic carbocycles. The molecule has 1 fully saturated rings. The predicted octanol–water partition coefficient (Wildman–Crippen LogP) is 5.65. The van der Waals surface area contributed by atoms with Crippen LogP contribution in [0.1, 0.15) is 21.7 Å². The van der Waals surface area contributed by atoms with E-state index in [2.05, 4.69) is 26.6 Å². The molecule has 2 aromatic heterocycles. The molecule has 270 valence electrons. The minimum atomic E-state index is -5.08. The molecule has 1 saturated heterocycles. The van der Waals surface area contributed by atoms with Crippen LogP contribution in [0.5, 0.6) is 5.75 Å². The number of aromatic hydroxyl groups is 1. The monoisotopic (exact) mass is 725 g/mol. The lowest BCUT2D eigenvalue weighted by Gasteiger charge is -2.27. The number of piperazine rings is 1. The van der Waals surface area contributed by atoms with E-state index in [-0.39, 0.29) is 34.1 Å². The molecule has 1 aliphatic rings. The van der Waals surface area contributed by atoms with Crippen LogP contribution in [0.3, 0.4) is 0 Å². The average Bonchev–Trinajstić information content (AvgIpc) is 3.60. The second kappa shape index (κ2) is 17.1. The van der Waals surface area contributed by atoms with Crippen molar-refractivity contribution in [3.63, 3.8) is 0 Å². The number of carboxylic acids is 2. The lowest BCUT2D eigenvalue weighted by molar-refractivity contribution is -0.193. The quantitative estimate of drug-likeness (QED) is 0.155. The number of carbonyl (C=O) groups excluding carboxylic acids is 1. The number of benzene rings is 2. The van der Waals surface area contributed by atoms with E-state index in [1.165, 1.54) is 24.5 Å². The number of carbonyl (C=O) groups is 3. The van der Waals surface area contributed by atoms with Gasteiger partial charge in [0.05, 0.1) is 12.0 Å². The van der Waals surface area contributed by atoms with Crippen LogP contribution in [0.4, 0.5) is 36.6 Å². The highest BCUT2D eigenvalue weighted by Crippen LogP contribution is 2.36. The van der Waals surface area contributed by atoms with Crippen LogP contribution in [0, 0.1) is 17.1 Å². The smallest absolute Gasteiger partial charge is 0.490 e. The largest absolute Gasteiger partial charge is 0.507 e. The first kappa shape index (κ1) is 39.4. The predicted molar refractivity (Wildman–Crippen MR) is 164 cm³/mol. The third kappa shape index (κ3) is 11.5. The maximum Gasteiger partial charge on any atom is 0.490 e. The SMILES string of the molecule is N#Cc1c(-c2cccc(CN3CCNCC3)c2)cc(-c2ccc(F)cc2O)nc1NC(=O)c1ccco1.O=C(O)C(F)(F)F.O=C(O)C(F)(F)F. The van der Waals surface area contributed by atoms with Crippen LogP contribution in [-0.4, -0.2) is 81.6 Å². The highest BCUT2D eigenvalue weighted by molar-refractivity contribution is 6.03. The Labute approximate surface area is 283 Å². The molecule has 0 radical (unpaired) electrons. The van der Waals surface area contributed by atoms with Gasteiger partial charge in [-0.2, -0.15) is 31.6 Å². The van der Waals surface area contributed by atoms with Gasteiger partial charge in [0.1, 0.15) is 23.2 Å². The van der Waals surface area contributed by atoms with E-state index < -0.39 is 36.0 Å². The minimum absolute atomic E-state index is 0.00707. The van der Waals surface area contributed by atoms with Crippen molar-refractivity contribution in [1.29, 1.82) is 5.26 Å². The molecular weight excluding hydrogens is 699 g/mol. The number of alkyl halides is 6. The van der Waals surface area contributed by atoms with Gasteiger partial charge >= 0.3 is 24.3 Å². The van der Waals surface area contributed by atoms with Gasteiger partial charge in [-0.25, -0.2) is 19.0 Å². The third-order valence-corrected chi connectivity index (χ3v) is 6.68. The number of nitrogens with one attached hydrogen (secondary N) is 2. The van der Waals surface area contributed by atoms with Crippen molar-refractivity contribution in [2.75, 3.05) is 31.5 Å². The van der Waals surface area contributed by atoms with Gasteiger partial charge in [-0.3, -0.25) is 9.69 Å². The fourth-order valence-electron chi connectivity index (χ4n) is 4.38. The Bertz CT molecular complexity index is 1860. The van der Waals surface area contributed by atoms with E-state index >= 15 is 0 Å². The van der Waals surface area contributed by atoms with Gasteiger partial charge in [0, 0.05) is 49.9 Å². The summed E-state index contributed by atoms with van der Waals surface area (Å²) in [6.07, 6.45) is -8.80. The summed E-state index contributed by atoms with van der Waals surface area (Å²) in [4.78, 5) is 37.4. The molecule has 19 heteroatoms. The molecule has 1 amide bonds. The molecule has 12 nitrogen and oxygen atoms in total. The highest BCUT2D eigenvalue weighted by atomic mass is 19.4. The summed E-state index contributed by atoms with van der Waals surface area (Å²) in [6, 6.07) is 18.4. The van der Waals surface area contributed by atoms with Gasteiger partial charge in [-0.1, -0.05) is 18.2 Å². The number of nitriles is 1. The number of hydrogen-bond donors (Lipinski definition) is 5. The molecule has 5 rings (SSSR count). The molecule has 1 aliphatic heterocycles. The maximum atomic E-state index is 13.7. The Hall–Kier alpha value is -6.00. The number of pyridine rings is 1. The van der Waals surface area contributed by atoms with Gasteiger partial charge in [-0.15, -0.1) is 0 Å². The minimum Gasteiger partial charge on any atom is -0.507 e. The first-order valence-electron chi connectivity index (χ1n) is 14.3. The van der Waals surface area contributed by atoms with Crippen molar-refractivity contribution in [3.8, 4) is 34.2 Å². The highest BCUT2D eigenvalue weighted by Gasteiger charge is 2.39. The van der Waals surface area contributed by atoms with Gasteiger partial charge < -0.3 is 30.4 Å². The molecule has 5 N–H and O–H groups in total. The summed E-state index contributed by atoms with van der Waals surface area (Å²) in [7, 11) is 0. The van der Waals surface area contributed by atoms with Crippen molar-refractivity contribution >= 4 is 23.7 Å². The van der Waals surface area contributed by atoms with Gasteiger partial charge in [0.2, 0.25) is 0 Å². The Kier molecular flexibility index (Phi) is 13.2. The van der Waals surface area contributed by atoms with Crippen molar-refractivity contribution in [1.82, 2.24) is 15.2 Å². The molecule has 0 atom stereocenters. The number of anilines is 1. The molecule has 0 saturated carbocycles. The molecule has 0 unspecified atom stereocenters. The summed E-state index contributed by atoms with van der Waals surface area (Å²) >= 11 is 0. The summed E-state index contributed by atoms with van der Waals surface area (Å²) < 4.78 is 82.3. The van der Waals surface area contributed by atoms with E-state index in [0.29, 0.717) is 5.56 Å². The zero-order chi connectivity index (χ0) is 37.9. The first-order chi connectivity index (χ1) is 23.9. The van der Waals surface area contributed by atoms with Crippen LogP contribution < -0.4 is 10.6 Å². The number of amides is 1. The molecule has 51 heavy (non-hydrogen) atoms. The summed E-state index contributed by atoms with van der Waals surface area (Å²) in [5.74, 6) is -6.93. The Morgan fingerprint density at radius 2 is 1.55 bits per heavy atom. The number of hydrogen-bond acceptors (Lipinski definition) is 9. The Morgan fingerprint density at radius 3 is 2.08 bits per heavy atom. The number of rotatable bonds is 6. The zero-order valence-corrected chi connectivity index (χ0v) is 25.8.